The monoisotopic (exact) mass is 237 g/mol. The summed E-state index contributed by atoms with van der Waals surface area (Å²) >= 11 is 0. The summed E-state index contributed by atoms with van der Waals surface area (Å²) in [6, 6.07) is 5.30. The normalized spacial score (nSPS) is 10.9. The lowest BCUT2D eigenvalue weighted by atomic mass is 9.84. The van der Waals surface area contributed by atoms with E-state index in [9.17, 15) is 19.7 Å². The Kier molecular flexibility index (Phi) is 3.26. The molecule has 0 unspecified atom stereocenters. The predicted molar refractivity (Wildman–Crippen MR) is 58.8 cm³/mol. The number of Topliss-reactive ketones (excluding diaryl/α,β-unsaturated/α-hetero) is 1. The Morgan fingerprint density at radius 3 is 2.29 bits per heavy atom. The molecule has 0 aromatic heterocycles. The van der Waals surface area contributed by atoms with E-state index in [2.05, 4.69) is 0 Å². The van der Waals surface area contributed by atoms with Crippen LogP contribution in [0.25, 0.3) is 0 Å². The zero-order valence-corrected chi connectivity index (χ0v) is 9.34. The first-order chi connectivity index (χ1) is 7.78. The van der Waals surface area contributed by atoms with Crippen LogP contribution < -0.4 is 0 Å². The molecule has 0 bridgehead atoms. The Morgan fingerprint density at radius 1 is 1.29 bits per heavy atom. The number of hydrogen-bond donors (Lipinski definition) is 1. The van der Waals surface area contributed by atoms with Crippen LogP contribution in [0.2, 0.25) is 0 Å². The highest BCUT2D eigenvalue weighted by atomic mass is 16.6. The van der Waals surface area contributed by atoms with Gasteiger partial charge in [0, 0.05) is 6.07 Å². The number of benzene rings is 1. The maximum absolute atomic E-state index is 11.9. The van der Waals surface area contributed by atoms with Gasteiger partial charge in [0.05, 0.1) is 10.5 Å². The van der Waals surface area contributed by atoms with Crippen molar-refractivity contribution in [2.24, 2.45) is 5.41 Å². The van der Waals surface area contributed by atoms with E-state index in [1.807, 2.05) is 0 Å². The molecule has 0 radical (unpaired) electrons. The van der Waals surface area contributed by atoms with E-state index in [0.717, 1.165) is 0 Å². The maximum atomic E-state index is 11.9. The van der Waals surface area contributed by atoms with Crippen LogP contribution in [0.5, 0.6) is 0 Å². The number of carboxylic acid groups (broad SMARTS) is 1. The lowest BCUT2D eigenvalue weighted by Gasteiger charge is -2.17. The number of nitro groups is 1. The highest BCUT2D eigenvalue weighted by Gasteiger charge is 2.39. The third kappa shape index (κ3) is 2.30. The summed E-state index contributed by atoms with van der Waals surface area (Å²) < 4.78 is 0. The minimum absolute atomic E-state index is 0.190. The van der Waals surface area contributed by atoms with E-state index in [0.29, 0.717) is 0 Å². The number of rotatable bonds is 4. The molecule has 0 heterocycles. The molecule has 1 aromatic rings. The van der Waals surface area contributed by atoms with Crippen LogP contribution in [0.15, 0.2) is 24.3 Å². The molecule has 0 amide bonds. The Labute approximate surface area is 97.0 Å². The zero-order valence-electron chi connectivity index (χ0n) is 9.34. The van der Waals surface area contributed by atoms with Gasteiger partial charge in [-0.3, -0.25) is 19.7 Å². The molecule has 6 nitrogen and oxygen atoms in total. The second kappa shape index (κ2) is 4.32. The van der Waals surface area contributed by atoms with Crippen LogP contribution in [0.4, 0.5) is 5.69 Å². The Hall–Kier alpha value is -2.24. The van der Waals surface area contributed by atoms with Crippen molar-refractivity contribution in [1.29, 1.82) is 0 Å². The fourth-order valence-corrected chi connectivity index (χ4v) is 1.26. The maximum Gasteiger partial charge on any atom is 0.317 e. The van der Waals surface area contributed by atoms with Gasteiger partial charge in [0.25, 0.3) is 5.69 Å². The van der Waals surface area contributed by atoms with Crippen molar-refractivity contribution in [2.45, 2.75) is 13.8 Å². The first-order valence-corrected chi connectivity index (χ1v) is 4.80. The van der Waals surface area contributed by atoms with Crippen molar-refractivity contribution in [3.63, 3.8) is 0 Å². The Morgan fingerprint density at radius 2 is 1.82 bits per heavy atom. The second-order valence-corrected chi connectivity index (χ2v) is 4.03. The summed E-state index contributed by atoms with van der Waals surface area (Å²) in [6.45, 7) is 2.43. The lowest BCUT2D eigenvalue weighted by molar-refractivity contribution is -0.385. The first-order valence-electron chi connectivity index (χ1n) is 4.80. The third-order valence-electron chi connectivity index (χ3n) is 2.45. The van der Waals surface area contributed by atoms with Gasteiger partial charge in [-0.25, -0.2) is 0 Å². The molecular formula is C11H11NO5. The molecule has 0 fully saturated rings. The van der Waals surface area contributed by atoms with Crippen molar-refractivity contribution in [3.8, 4) is 0 Å². The van der Waals surface area contributed by atoms with Crippen LogP contribution in [0, 0.1) is 15.5 Å². The number of carboxylic acids is 1. The van der Waals surface area contributed by atoms with Gasteiger partial charge < -0.3 is 5.11 Å². The summed E-state index contributed by atoms with van der Waals surface area (Å²) in [5.41, 5.74) is -2.26. The van der Waals surface area contributed by atoms with Crippen LogP contribution in [0.1, 0.15) is 24.2 Å². The molecule has 0 atom stereocenters. The second-order valence-electron chi connectivity index (χ2n) is 4.03. The van der Waals surface area contributed by atoms with Gasteiger partial charge in [0.1, 0.15) is 5.41 Å². The number of aliphatic carboxylic acids is 1. The molecule has 0 aliphatic heterocycles. The van der Waals surface area contributed by atoms with E-state index in [1.54, 1.807) is 0 Å². The van der Waals surface area contributed by atoms with Gasteiger partial charge in [-0.05, 0) is 19.9 Å². The Balaban J connectivity index is 3.31. The standard InChI is InChI=1S/C11H11NO5/c1-11(2,10(14)15)9(13)7-5-3-4-6-8(7)12(16)17/h3-6H,1-2H3,(H,14,15). The van der Waals surface area contributed by atoms with Crippen molar-refractivity contribution in [3.05, 3.63) is 39.9 Å². The van der Waals surface area contributed by atoms with Gasteiger partial charge >= 0.3 is 5.97 Å². The fraction of sp³-hybridized carbons (Fsp3) is 0.273. The molecule has 17 heavy (non-hydrogen) atoms. The molecule has 1 N–H and O–H groups in total. The summed E-state index contributed by atoms with van der Waals surface area (Å²) in [5.74, 6) is -2.10. The third-order valence-corrected chi connectivity index (χ3v) is 2.45. The number of carbonyl (C=O) groups is 2. The lowest BCUT2D eigenvalue weighted by Crippen LogP contribution is -2.33. The van der Waals surface area contributed by atoms with E-state index in [1.165, 1.54) is 38.1 Å². The van der Waals surface area contributed by atoms with Gasteiger partial charge in [-0.2, -0.15) is 0 Å². The van der Waals surface area contributed by atoms with Crippen LogP contribution in [-0.4, -0.2) is 21.8 Å². The van der Waals surface area contributed by atoms with Gasteiger partial charge in [0.2, 0.25) is 0 Å². The quantitative estimate of drug-likeness (QED) is 0.373. The minimum atomic E-state index is -1.69. The zero-order chi connectivity index (χ0) is 13.2. The number of ketones is 1. The Bertz CT molecular complexity index is 492. The SMILES string of the molecule is CC(C)(C(=O)O)C(=O)c1ccccc1[N+](=O)[O-]. The number of carbonyl (C=O) groups excluding carboxylic acids is 1. The molecule has 0 spiro atoms. The van der Waals surface area contributed by atoms with Gasteiger partial charge in [-0.15, -0.1) is 0 Å². The molecule has 0 saturated heterocycles. The molecule has 1 rings (SSSR count). The smallest absolute Gasteiger partial charge is 0.317 e. The van der Waals surface area contributed by atoms with Crippen molar-refractivity contribution in [1.82, 2.24) is 0 Å². The number of hydrogen-bond acceptors (Lipinski definition) is 4. The molecule has 0 aliphatic carbocycles. The topological polar surface area (TPSA) is 97.5 Å². The van der Waals surface area contributed by atoms with Gasteiger partial charge in [-0.1, -0.05) is 12.1 Å². The largest absolute Gasteiger partial charge is 0.481 e. The summed E-state index contributed by atoms with van der Waals surface area (Å²) in [7, 11) is 0. The first kappa shape index (κ1) is 12.8. The van der Waals surface area contributed by atoms with Gasteiger partial charge in [0.15, 0.2) is 5.78 Å². The van der Waals surface area contributed by atoms with E-state index in [4.69, 9.17) is 5.11 Å². The van der Waals surface area contributed by atoms with Crippen molar-refractivity contribution >= 4 is 17.4 Å². The fourth-order valence-electron chi connectivity index (χ4n) is 1.26. The highest BCUT2D eigenvalue weighted by molar-refractivity contribution is 6.13. The van der Waals surface area contributed by atoms with Crippen LogP contribution in [-0.2, 0) is 4.79 Å². The van der Waals surface area contributed by atoms with E-state index >= 15 is 0 Å². The average molecular weight is 237 g/mol. The highest BCUT2D eigenvalue weighted by Crippen LogP contribution is 2.27. The van der Waals surface area contributed by atoms with E-state index < -0.39 is 22.1 Å². The number of nitro benzene ring substituents is 1. The predicted octanol–water partition coefficient (Wildman–Crippen LogP) is 1.89. The molecule has 0 aliphatic rings. The molecule has 0 saturated carbocycles. The number of nitrogens with zero attached hydrogens (tertiary/aromatic N) is 1. The van der Waals surface area contributed by atoms with Crippen LogP contribution in [0.3, 0.4) is 0 Å². The van der Waals surface area contributed by atoms with E-state index in [-0.39, 0.29) is 11.3 Å². The van der Waals surface area contributed by atoms with Crippen LogP contribution >= 0.6 is 0 Å². The summed E-state index contributed by atoms with van der Waals surface area (Å²) in [6.07, 6.45) is 0. The summed E-state index contributed by atoms with van der Waals surface area (Å²) in [4.78, 5) is 32.9. The molecule has 90 valence electrons. The van der Waals surface area contributed by atoms with Crippen molar-refractivity contribution < 1.29 is 19.6 Å². The average Bonchev–Trinajstić information content (AvgIpc) is 2.27. The van der Waals surface area contributed by atoms with Crippen molar-refractivity contribution in [2.75, 3.05) is 0 Å². The molecule has 6 heteroatoms. The number of para-hydroxylation sites is 1. The molecular weight excluding hydrogens is 226 g/mol. The minimum Gasteiger partial charge on any atom is -0.481 e. The summed E-state index contributed by atoms with van der Waals surface area (Å²) in [5, 5.41) is 19.6. The molecule has 1 aromatic carbocycles.